The third-order valence-corrected chi connectivity index (χ3v) is 4.67. The molecule has 0 saturated carbocycles. The molecule has 1 aliphatic heterocycles. The highest BCUT2D eigenvalue weighted by molar-refractivity contribution is 6.30. The average molecular weight is 337 g/mol. The third-order valence-electron chi connectivity index (χ3n) is 4.37. The fourth-order valence-corrected chi connectivity index (χ4v) is 3.30. The van der Waals surface area contributed by atoms with Crippen LogP contribution in [-0.2, 0) is 0 Å². The first kappa shape index (κ1) is 16.0. The maximum Gasteiger partial charge on any atom is 0.254 e. The summed E-state index contributed by atoms with van der Waals surface area (Å²) in [6, 6.07) is 6.61. The van der Waals surface area contributed by atoms with Crippen molar-refractivity contribution in [1.29, 1.82) is 0 Å². The van der Waals surface area contributed by atoms with E-state index >= 15 is 0 Å². The molecule has 1 aromatic carbocycles. The van der Waals surface area contributed by atoms with E-state index < -0.39 is 5.82 Å². The van der Waals surface area contributed by atoms with Crippen molar-refractivity contribution in [3.8, 4) is 0 Å². The van der Waals surface area contributed by atoms with Crippen LogP contribution in [0.5, 0.6) is 0 Å². The zero-order chi connectivity index (χ0) is 16.4. The largest absolute Gasteiger partial charge is 0.472 e. The molecule has 1 fully saturated rings. The Hall–Kier alpha value is -1.85. The van der Waals surface area contributed by atoms with E-state index in [9.17, 15) is 9.18 Å². The quantitative estimate of drug-likeness (QED) is 0.929. The third kappa shape index (κ3) is 3.41. The molecule has 2 atom stereocenters. The van der Waals surface area contributed by atoms with Crippen LogP contribution < -0.4 is 5.32 Å². The van der Waals surface area contributed by atoms with E-state index in [1.54, 1.807) is 12.1 Å². The SMILES string of the molecule is CN1CC[C@H](CNC(=O)c2ccoc2)[C@H]1c1ccc(Cl)c(F)c1. The highest BCUT2D eigenvalue weighted by Crippen LogP contribution is 2.36. The molecule has 6 heteroatoms. The second-order valence-corrected chi connectivity index (χ2v) is 6.28. The number of likely N-dealkylation sites (tertiary alicyclic amines) is 1. The maximum atomic E-state index is 13.8. The van der Waals surface area contributed by atoms with Gasteiger partial charge in [-0.2, -0.15) is 0 Å². The van der Waals surface area contributed by atoms with Crippen molar-refractivity contribution in [3.63, 3.8) is 0 Å². The van der Waals surface area contributed by atoms with Gasteiger partial charge < -0.3 is 9.73 Å². The molecule has 1 amide bonds. The summed E-state index contributed by atoms with van der Waals surface area (Å²) in [7, 11) is 2.01. The Morgan fingerprint density at radius 3 is 3.00 bits per heavy atom. The van der Waals surface area contributed by atoms with Crippen molar-refractivity contribution in [2.24, 2.45) is 5.92 Å². The van der Waals surface area contributed by atoms with Crippen molar-refractivity contribution in [2.45, 2.75) is 12.5 Å². The van der Waals surface area contributed by atoms with E-state index in [4.69, 9.17) is 16.0 Å². The van der Waals surface area contributed by atoms with Gasteiger partial charge in [-0.25, -0.2) is 4.39 Å². The first-order valence-electron chi connectivity index (χ1n) is 7.52. The van der Waals surface area contributed by atoms with Gasteiger partial charge in [0.05, 0.1) is 16.8 Å². The van der Waals surface area contributed by atoms with Gasteiger partial charge in [0.1, 0.15) is 12.1 Å². The summed E-state index contributed by atoms with van der Waals surface area (Å²) in [5.74, 6) is -0.351. The van der Waals surface area contributed by atoms with Crippen LogP contribution in [0.2, 0.25) is 5.02 Å². The van der Waals surface area contributed by atoms with E-state index in [0.717, 1.165) is 18.5 Å². The number of nitrogens with one attached hydrogen (secondary N) is 1. The maximum absolute atomic E-state index is 13.8. The van der Waals surface area contributed by atoms with E-state index in [0.29, 0.717) is 12.1 Å². The Kier molecular flexibility index (Phi) is 4.68. The fraction of sp³-hybridized carbons (Fsp3) is 0.353. The lowest BCUT2D eigenvalue weighted by molar-refractivity contribution is 0.0943. The second-order valence-electron chi connectivity index (χ2n) is 5.87. The summed E-state index contributed by atoms with van der Waals surface area (Å²) < 4.78 is 18.7. The van der Waals surface area contributed by atoms with Crippen molar-refractivity contribution in [1.82, 2.24) is 10.2 Å². The summed E-state index contributed by atoms with van der Waals surface area (Å²) in [5, 5.41) is 3.05. The summed E-state index contributed by atoms with van der Waals surface area (Å²) in [5.41, 5.74) is 1.39. The molecule has 4 nitrogen and oxygen atoms in total. The van der Waals surface area contributed by atoms with Crippen LogP contribution in [0, 0.1) is 11.7 Å². The molecule has 1 aliphatic rings. The van der Waals surface area contributed by atoms with Crippen LogP contribution in [0.25, 0.3) is 0 Å². The number of amides is 1. The van der Waals surface area contributed by atoms with Crippen molar-refractivity contribution in [2.75, 3.05) is 20.1 Å². The van der Waals surface area contributed by atoms with Gasteiger partial charge in [0, 0.05) is 12.6 Å². The molecule has 2 aromatic rings. The monoisotopic (exact) mass is 336 g/mol. The molecule has 0 aliphatic carbocycles. The lowest BCUT2D eigenvalue weighted by atomic mass is 9.93. The molecular weight excluding hydrogens is 319 g/mol. The smallest absolute Gasteiger partial charge is 0.254 e. The van der Waals surface area contributed by atoms with Crippen molar-refractivity contribution in [3.05, 3.63) is 58.8 Å². The lowest BCUT2D eigenvalue weighted by Gasteiger charge is -2.26. The number of carbonyl (C=O) groups excluding carboxylic acids is 1. The van der Waals surface area contributed by atoms with Gasteiger partial charge in [0.25, 0.3) is 5.91 Å². The average Bonchev–Trinajstić information content (AvgIpc) is 3.18. The molecule has 1 N–H and O–H groups in total. The van der Waals surface area contributed by atoms with Crippen LogP contribution in [0.15, 0.2) is 41.2 Å². The number of hydrogen-bond donors (Lipinski definition) is 1. The number of nitrogens with zero attached hydrogens (tertiary/aromatic N) is 1. The zero-order valence-electron chi connectivity index (χ0n) is 12.8. The predicted octanol–water partition coefficient (Wildman–Crippen LogP) is 3.49. The predicted molar refractivity (Wildman–Crippen MR) is 85.9 cm³/mol. The summed E-state index contributed by atoms with van der Waals surface area (Å²) in [4.78, 5) is 14.2. The molecular formula is C17H18ClFN2O2. The minimum atomic E-state index is -0.411. The summed E-state index contributed by atoms with van der Waals surface area (Å²) in [6.07, 6.45) is 3.83. The second kappa shape index (κ2) is 6.72. The Balaban J connectivity index is 1.71. The molecule has 0 bridgehead atoms. The first-order valence-corrected chi connectivity index (χ1v) is 7.89. The minimum Gasteiger partial charge on any atom is -0.472 e. The van der Waals surface area contributed by atoms with Gasteiger partial charge in [-0.05, 0) is 49.7 Å². The molecule has 1 aromatic heterocycles. The highest BCUT2D eigenvalue weighted by atomic mass is 35.5. The normalized spacial score (nSPS) is 21.5. The molecule has 0 unspecified atom stereocenters. The number of hydrogen-bond acceptors (Lipinski definition) is 3. The van der Waals surface area contributed by atoms with Crippen molar-refractivity contribution >= 4 is 17.5 Å². The minimum absolute atomic E-state index is 0.0615. The summed E-state index contributed by atoms with van der Waals surface area (Å²) >= 11 is 5.77. The van der Waals surface area contributed by atoms with Gasteiger partial charge in [-0.1, -0.05) is 17.7 Å². The fourth-order valence-electron chi connectivity index (χ4n) is 3.18. The lowest BCUT2D eigenvalue weighted by Crippen LogP contribution is -2.32. The number of furan rings is 1. The number of carbonyl (C=O) groups is 1. The highest BCUT2D eigenvalue weighted by Gasteiger charge is 2.33. The van der Waals surface area contributed by atoms with Crippen LogP contribution in [0.3, 0.4) is 0 Å². The standard InChI is InChI=1S/C17H18ClFN2O2/c1-21-6-4-12(9-20-17(22)13-5-7-23-10-13)16(21)11-2-3-14(18)15(19)8-11/h2-3,5,7-8,10,12,16H,4,6,9H2,1H3,(H,20,22)/t12-,16-/m1/s1. The van der Waals surface area contributed by atoms with Gasteiger partial charge in [-0.15, -0.1) is 0 Å². The number of benzene rings is 1. The molecule has 0 spiro atoms. The van der Waals surface area contributed by atoms with Gasteiger partial charge in [0.2, 0.25) is 0 Å². The molecule has 122 valence electrons. The molecule has 0 radical (unpaired) electrons. The van der Waals surface area contributed by atoms with E-state index in [1.165, 1.54) is 18.6 Å². The van der Waals surface area contributed by atoms with E-state index in [1.807, 2.05) is 13.1 Å². The first-order chi connectivity index (χ1) is 11.1. The topological polar surface area (TPSA) is 45.5 Å². The van der Waals surface area contributed by atoms with E-state index in [2.05, 4.69) is 10.2 Å². The van der Waals surface area contributed by atoms with Gasteiger partial charge in [-0.3, -0.25) is 9.69 Å². The Morgan fingerprint density at radius 1 is 1.48 bits per heavy atom. The molecule has 23 heavy (non-hydrogen) atoms. The Morgan fingerprint density at radius 2 is 2.30 bits per heavy atom. The van der Waals surface area contributed by atoms with E-state index in [-0.39, 0.29) is 22.9 Å². The van der Waals surface area contributed by atoms with Crippen LogP contribution >= 0.6 is 11.6 Å². The summed E-state index contributed by atoms with van der Waals surface area (Å²) in [6.45, 7) is 1.43. The Bertz CT molecular complexity index is 690. The number of rotatable bonds is 4. The van der Waals surface area contributed by atoms with Crippen molar-refractivity contribution < 1.29 is 13.6 Å². The Labute approximate surface area is 139 Å². The van der Waals surface area contributed by atoms with Gasteiger partial charge in [0.15, 0.2) is 0 Å². The van der Waals surface area contributed by atoms with Crippen LogP contribution in [0.1, 0.15) is 28.4 Å². The van der Waals surface area contributed by atoms with Crippen LogP contribution in [-0.4, -0.2) is 30.9 Å². The molecule has 1 saturated heterocycles. The van der Waals surface area contributed by atoms with Crippen LogP contribution in [0.4, 0.5) is 4.39 Å². The van der Waals surface area contributed by atoms with Gasteiger partial charge >= 0.3 is 0 Å². The zero-order valence-corrected chi connectivity index (χ0v) is 13.5. The number of halogens is 2. The molecule has 2 heterocycles. The molecule has 3 rings (SSSR count).